The second-order valence-corrected chi connectivity index (χ2v) is 8.87. The average Bonchev–Trinajstić information content (AvgIpc) is 3.25. The van der Waals surface area contributed by atoms with Gasteiger partial charge in [-0.25, -0.2) is 4.39 Å². The molecule has 1 fully saturated rings. The zero-order valence-corrected chi connectivity index (χ0v) is 18.1. The summed E-state index contributed by atoms with van der Waals surface area (Å²) >= 11 is 0. The van der Waals surface area contributed by atoms with Gasteiger partial charge in [0.25, 0.3) is 0 Å². The normalized spacial score (nSPS) is 19.0. The fourth-order valence-corrected chi connectivity index (χ4v) is 4.96. The zero-order chi connectivity index (χ0) is 21.9. The number of halogens is 1. The summed E-state index contributed by atoms with van der Waals surface area (Å²) in [5.74, 6) is 0.364. The lowest BCUT2D eigenvalue weighted by atomic mass is 9.93. The monoisotopic (exact) mass is 433 g/mol. The van der Waals surface area contributed by atoms with Crippen LogP contribution in [0.4, 0.5) is 4.39 Å². The van der Waals surface area contributed by atoms with E-state index >= 15 is 0 Å². The van der Waals surface area contributed by atoms with Crippen LogP contribution in [0.5, 0.6) is 0 Å². The standard InChI is InChI=1S/C25H28FN5O/c26-22-6-2-1-5-20(22)16-30-12-3-4-18(15-30)14-24(32)31-13-9-23-21(17-31)25(29-28-23)19-7-10-27-11-8-19/h1-2,5-8,10-11,18H,3-4,9,12-17H2,(H,28,29). The summed E-state index contributed by atoms with van der Waals surface area (Å²) in [6.07, 6.45) is 6.96. The van der Waals surface area contributed by atoms with Gasteiger partial charge in [-0.05, 0) is 43.5 Å². The van der Waals surface area contributed by atoms with Gasteiger partial charge in [-0.3, -0.25) is 19.8 Å². The molecular weight excluding hydrogens is 405 g/mol. The van der Waals surface area contributed by atoms with Gasteiger partial charge in [0.15, 0.2) is 0 Å². The Morgan fingerprint density at radius 3 is 2.84 bits per heavy atom. The summed E-state index contributed by atoms with van der Waals surface area (Å²) in [5, 5.41) is 7.66. The van der Waals surface area contributed by atoms with E-state index in [-0.39, 0.29) is 11.7 Å². The zero-order valence-electron chi connectivity index (χ0n) is 18.1. The predicted octanol–water partition coefficient (Wildman–Crippen LogP) is 3.80. The van der Waals surface area contributed by atoms with Crippen molar-refractivity contribution in [1.29, 1.82) is 0 Å². The molecule has 0 spiro atoms. The predicted molar refractivity (Wildman–Crippen MR) is 120 cm³/mol. The molecule has 0 saturated carbocycles. The summed E-state index contributed by atoms with van der Waals surface area (Å²) in [6, 6.07) is 10.9. The number of nitrogens with zero attached hydrogens (tertiary/aromatic N) is 4. The number of carbonyl (C=O) groups is 1. The molecule has 1 saturated heterocycles. The van der Waals surface area contributed by atoms with Crippen LogP contribution >= 0.6 is 0 Å². The Balaban J connectivity index is 1.21. The number of amides is 1. The van der Waals surface area contributed by atoms with Crippen molar-refractivity contribution in [2.75, 3.05) is 19.6 Å². The van der Waals surface area contributed by atoms with E-state index in [1.807, 2.05) is 29.2 Å². The third kappa shape index (κ3) is 4.43. The highest BCUT2D eigenvalue weighted by molar-refractivity contribution is 5.77. The van der Waals surface area contributed by atoms with Gasteiger partial charge in [0.1, 0.15) is 5.82 Å². The van der Waals surface area contributed by atoms with Crippen LogP contribution in [0.15, 0.2) is 48.8 Å². The van der Waals surface area contributed by atoms with Crippen molar-refractivity contribution in [3.05, 3.63) is 71.4 Å². The van der Waals surface area contributed by atoms with Crippen LogP contribution in [-0.2, 0) is 24.3 Å². The highest BCUT2D eigenvalue weighted by Gasteiger charge is 2.29. The molecule has 6 nitrogen and oxygen atoms in total. The number of pyridine rings is 1. The lowest BCUT2D eigenvalue weighted by Gasteiger charge is -2.34. The van der Waals surface area contributed by atoms with Crippen LogP contribution in [0.2, 0.25) is 0 Å². The average molecular weight is 434 g/mol. The number of benzene rings is 1. The highest BCUT2D eigenvalue weighted by Crippen LogP contribution is 2.29. The molecule has 4 heterocycles. The van der Waals surface area contributed by atoms with E-state index < -0.39 is 0 Å². The maximum absolute atomic E-state index is 14.0. The molecule has 32 heavy (non-hydrogen) atoms. The van der Waals surface area contributed by atoms with Gasteiger partial charge >= 0.3 is 0 Å². The second-order valence-electron chi connectivity index (χ2n) is 8.87. The number of rotatable bonds is 5. The van der Waals surface area contributed by atoms with Crippen LogP contribution < -0.4 is 0 Å². The summed E-state index contributed by atoms with van der Waals surface area (Å²) < 4.78 is 14.0. The summed E-state index contributed by atoms with van der Waals surface area (Å²) in [4.78, 5) is 21.5. The minimum atomic E-state index is -0.153. The number of likely N-dealkylation sites (tertiary alicyclic amines) is 1. The fourth-order valence-electron chi connectivity index (χ4n) is 4.96. The molecule has 3 aromatic rings. The quantitative estimate of drug-likeness (QED) is 0.665. The van der Waals surface area contributed by atoms with E-state index in [9.17, 15) is 9.18 Å². The van der Waals surface area contributed by atoms with Crippen LogP contribution in [0, 0.1) is 11.7 Å². The smallest absolute Gasteiger partial charge is 0.223 e. The third-order valence-electron chi connectivity index (χ3n) is 6.66. The van der Waals surface area contributed by atoms with E-state index in [1.165, 1.54) is 6.07 Å². The number of hydrogen-bond acceptors (Lipinski definition) is 4. The van der Waals surface area contributed by atoms with Gasteiger partial charge in [-0.2, -0.15) is 5.10 Å². The number of piperidine rings is 1. The van der Waals surface area contributed by atoms with E-state index in [4.69, 9.17) is 0 Å². The van der Waals surface area contributed by atoms with Crippen LogP contribution in [0.25, 0.3) is 11.3 Å². The Hall–Kier alpha value is -3.06. The third-order valence-corrected chi connectivity index (χ3v) is 6.66. The molecule has 1 aromatic carbocycles. The maximum Gasteiger partial charge on any atom is 0.223 e. The van der Waals surface area contributed by atoms with Gasteiger partial charge in [0, 0.05) is 73.8 Å². The molecule has 1 atom stereocenters. The van der Waals surface area contributed by atoms with Crippen molar-refractivity contribution in [2.24, 2.45) is 5.92 Å². The molecule has 2 aliphatic heterocycles. The summed E-state index contributed by atoms with van der Waals surface area (Å²) in [7, 11) is 0. The molecule has 7 heteroatoms. The molecule has 0 radical (unpaired) electrons. The number of hydrogen-bond donors (Lipinski definition) is 1. The molecule has 1 unspecified atom stereocenters. The molecule has 2 aromatic heterocycles. The van der Waals surface area contributed by atoms with E-state index in [0.717, 1.165) is 67.0 Å². The van der Waals surface area contributed by atoms with Crippen molar-refractivity contribution in [3.63, 3.8) is 0 Å². The van der Waals surface area contributed by atoms with Gasteiger partial charge in [0.2, 0.25) is 5.91 Å². The molecule has 2 aliphatic rings. The van der Waals surface area contributed by atoms with Gasteiger partial charge in [-0.1, -0.05) is 18.2 Å². The number of aromatic nitrogens is 3. The first-order valence-corrected chi connectivity index (χ1v) is 11.4. The Bertz CT molecular complexity index is 1080. The van der Waals surface area contributed by atoms with Crippen LogP contribution in [0.3, 0.4) is 0 Å². The number of aromatic amines is 1. The number of carbonyl (C=O) groups excluding carboxylic acids is 1. The Morgan fingerprint density at radius 1 is 1.16 bits per heavy atom. The van der Waals surface area contributed by atoms with Gasteiger partial charge < -0.3 is 4.90 Å². The molecule has 0 aliphatic carbocycles. The largest absolute Gasteiger partial charge is 0.338 e. The first-order valence-electron chi connectivity index (χ1n) is 11.4. The number of fused-ring (bicyclic) bond motifs is 1. The fraction of sp³-hybridized carbons (Fsp3) is 0.400. The minimum Gasteiger partial charge on any atom is -0.338 e. The number of nitrogens with one attached hydrogen (secondary N) is 1. The number of H-pyrrole nitrogens is 1. The Labute approximate surface area is 187 Å². The van der Waals surface area contributed by atoms with Crippen molar-refractivity contribution in [3.8, 4) is 11.3 Å². The van der Waals surface area contributed by atoms with E-state index in [1.54, 1.807) is 18.5 Å². The lowest BCUT2D eigenvalue weighted by molar-refractivity contribution is -0.133. The minimum absolute atomic E-state index is 0.153. The van der Waals surface area contributed by atoms with Crippen molar-refractivity contribution in [1.82, 2.24) is 25.0 Å². The molecule has 5 rings (SSSR count). The molecule has 0 bridgehead atoms. The Kier molecular flexibility index (Phi) is 5.99. The van der Waals surface area contributed by atoms with E-state index in [0.29, 0.717) is 25.4 Å². The first-order chi connectivity index (χ1) is 15.7. The Morgan fingerprint density at radius 2 is 2.00 bits per heavy atom. The van der Waals surface area contributed by atoms with Crippen LogP contribution in [-0.4, -0.2) is 50.5 Å². The second kappa shape index (κ2) is 9.20. The first kappa shape index (κ1) is 20.8. The van der Waals surface area contributed by atoms with Gasteiger partial charge in [-0.15, -0.1) is 0 Å². The lowest BCUT2D eigenvalue weighted by Crippen LogP contribution is -2.40. The molecule has 1 N–H and O–H groups in total. The molecular formula is C25H28FN5O. The SMILES string of the molecule is O=C(CC1CCCN(Cc2ccccc2F)C1)N1CCc2[nH]nc(-c3ccncc3)c2C1. The van der Waals surface area contributed by atoms with E-state index in [2.05, 4.69) is 20.1 Å². The van der Waals surface area contributed by atoms with Gasteiger partial charge in [0.05, 0.1) is 5.69 Å². The topological polar surface area (TPSA) is 65.1 Å². The van der Waals surface area contributed by atoms with Crippen molar-refractivity contribution >= 4 is 5.91 Å². The maximum atomic E-state index is 14.0. The van der Waals surface area contributed by atoms with Crippen molar-refractivity contribution < 1.29 is 9.18 Å². The molecule has 1 amide bonds. The summed E-state index contributed by atoms with van der Waals surface area (Å²) in [6.45, 7) is 3.71. The summed E-state index contributed by atoms with van der Waals surface area (Å²) in [5.41, 5.74) is 4.89. The van der Waals surface area contributed by atoms with Crippen molar-refractivity contribution in [2.45, 2.75) is 38.8 Å². The highest BCUT2D eigenvalue weighted by atomic mass is 19.1. The van der Waals surface area contributed by atoms with Crippen LogP contribution in [0.1, 0.15) is 36.1 Å². The molecule has 166 valence electrons.